The molecule has 0 saturated heterocycles. The van der Waals surface area contributed by atoms with E-state index in [9.17, 15) is 17.7 Å². The first kappa shape index (κ1) is 16.6. The fourth-order valence-corrected chi connectivity index (χ4v) is 2.22. The summed E-state index contributed by atoms with van der Waals surface area (Å²) in [6, 6.07) is 0.575. The molecule has 1 N–H and O–H groups in total. The van der Waals surface area contributed by atoms with Gasteiger partial charge in [-0.3, -0.25) is 4.98 Å². The molecule has 2 atom stereocenters. The molecule has 0 amide bonds. The minimum atomic E-state index is -4.64. The van der Waals surface area contributed by atoms with Gasteiger partial charge in [0, 0.05) is 17.6 Å². The highest BCUT2D eigenvalue weighted by molar-refractivity contribution is 7.90. The zero-order valence-electron chi connectivity index (χ0n) is 10.6. The van der Waals surface area contributed by atoms with Gasteiger partial charge in [-0.05, 0) is 32.9 Å². The summed E-state index contributed by atoms with van der Waals surface area (Å²) in [7, 11) is 0. The van der Waals surface area contributed by atoms with Gasteiger partial charge in [0.25, 0.3) is 0 Å². The lowest BCUT2D eigenvalue weighted by atomic mass is 10.2. The predicted octanol–water partition coefficient (Wildman–Crippen LogP) is 3.39. The van der Waals surface area contributed by atoms with E-state index in [1.165, 1.54) is 18.3 Å². The first-order chi connectivity index (χ1) is 8.53. The number of nitrogens with one attached hydrogen (secondary N) is 1. The number of alkyl halides is 3. The second-order valence-electron chi connectivity index (χ2n) is 4.84. The van der Waals surface area contributed by atoms with E-state index in [-0.39, 0.29) is 10.7 Å². The average molecular weight is 315 g/mol. The Labute approximate surface area is 117 Å². The Bertz CT molecular complexity index is 437. The number of pyridine rings is 1. The number of aromatic nitrogens is 1. The van der Waals surface area contributed by atoms with Crippen LogP contribution in [0.5, 0.6) is 0 Å². The van der Waals surface area contributed by atoms with Gasteiger partial charge in [0.15, 0.2) is 6.04 Å². The van der Waals surface area contributed by atoms with E-state index >= 15 is 0 Å². The van der Waals surface area contributed by atoms with Gasteiger partial charge in [-0.15, -0.1) is 4.72 Å². The lowest BCUT2D eigenvalue weighted by Gasteiger charge is -2.28. The monoisotopic (exact) mass is 314 g/mol. The maximum Gasteiger partial charge on any atom is 0.413 e. The zero-order chi connectivity index (χ0) is 14.8. The molecule has 0 radical (unpaired) electrons. The molecule has 1 aromatic heterocycles. The first-order valence-corrected chi connectivity index (χ1v) is 6.91. The summed E-state index contributed by atoms with van der Waals surface area (Å²) >= 11 is 3.83. The number of hydrogen-bond acceptors (Lipinski definition) is 3. The summed E-state index contributed by atoms with van der Waals surface area (Å²) in [5.41, 5.74) is -0.380. The van der Waals surface area contributed by atoms with E-state index in [4.69, 9.17) is 11.6 Å². The van der Waals surface area contributed by atoms with Gasteiger partial charge in [-0.25, -0.2) is 0 Å². The maximum absolute atomic E-state index is 13.0. The average Bonchev–Trinajstić information content (AvgIpc) is 2.24. The van der Waals surface area contributed by atoms with Crippen LogP contribution in [0.4, 0.5) is 13.2 Å². The number of nitrogens with zero attached hydrogens (tertiary/aromatic N) is 1. The normalized spacial score (nSPS) is 16.2. The van der Waals surface area contributed by atoms with Crippen molar-refractivity contribution in [1.82, 2.24) is 9.71 Å². The SMILES string of the molecule is CC(C)(C)[S@+]([O-])N[C@H](c1ncccc1Cl)C(F)(F)F. The second-order valence-corrected chi connectivity index (χ2v) is 7.25. The van der Waals surface area contributed by atoms with Crippen molar-refractivity contribution >= 4 is 23.0 Å². The minimum absolute atomic E-state index is 0.122. The predicted molar refractivity (Wildman–Crippen MR) is 69.1 cm³/mol. The number of hydrogen-bond donors (Lipinski definition) is 1. The van der Waals surface area contributed by atoms with E-state index < -0.39 is 28.3 Å². The van der Waals surface area contributed by atoms with E-state index in [2.05, 4.69) is 9.71 Å². The second kappa shape index (κ2) is 5.87. The Morgan fingerprint density at radius 3 is 2.37 bits per heavy atom. The van der Waals surface area contributed by atoms with Crippen molar-refractivity contribution in [3.8, 4) is 0 Å². The van der Waals surface area contributed by atoms with Crippen molar-refractivity contribution in [2.24, 2.45) is 0 Å². The molecule has 19 heavy (non-hydrogen) atoms. The first-order valence-electron chi connectivity index (χ1n) is 5.38. The van der Waals surface area contributed by atoms with E-state index in [0.717, 1.165) is 0 Å². The molecule has 3 nitrogen and oxygen atoms in total. The Kier molecular flexibility index (Phi) is 5.11. The van der Waals surface area contributed by atoms with Gasteiger partial charge in [0.2, 0.25) is 0 Å². The lowest BCUT2D eigenvalue weighted by molar-refractivity contribution is -0.153. The van der Waals surface area contributed by atoms with Crippen LogP contribution >= 0.6 is 11.6 Å². The van der Waals surface area contributed by atoms with Crippen LogP contribution in [-0.4, -0.2) is 20.5 Å². The molecule has 0 saturated carbocycles. The van der Waals surface area contributed by atoms with Crippen molar-refractivity contribution < 1.29 is 17.7 Å². The summed E-state index contributed by atoms with van der Waals surface area (Å²) in [5.74, 6) is 0. The van der Waals surface area contributed by atoms with Crippen molar-refractivity contribution in [3.63, 3.8) is 0 Å². The van der Waals surface area contributed by atoms with Crippen molar-refractivity contribution in [3.05, 3.63) is 29.0 Å². The molecule has 0 unspecified atom stereocenters. The van der Waals surface area contributed by atoms with Crippen LogP contribution in [0.25, 0.3) is 0 Å². The molecule has 0 aliphatic heterocycles. The molecule has 1 aromatic rings. The van der Waals surface area contributed by atoms with Crippen LogP contribution in [0.2, 0.25) is 5.02 Å². The summed E-state index contributed by atoms with van der Waals surface area (Å²) in [6.45, 7) is 4.72. The van der Waals surface area contributed by atoms with Gasteiger partial charge in [-0.2, -0.15) is 13.2 Å². The summed E-state index contributed by atoms with van der Waals surface area (Å²) in [5, 5.41) is -0.122. The highest BCUT2D eigenvalue weighted by Crippen LogP contribution is 2.36. The molecule has 1 rings (SSSR count). The number of rotatable bonds is 3. The molecule has 108 valence electrons. The Morgan fingerprint density at radius 2 is 1.95 bits per heavy atom. The van der Waals surface area contributed by atoms with Crippen molar-refractivity contribution in [1.29, 1.82) is 0 Å². The highest BCUT2D eigenvalue weighted by Gasteiger charge is 2.47. The largest absolute Gasteiger partial charge is 0.598 e. The zero-order valence-corrected chi connectivity index (χ0v) is 12.2. The quantitative estimate of drug-likeness (QED) is 0.870. The van der Waals surface area contributed by atoms with E-state index in [1.54, 1.807) is 20.8 Å². The van der Waals surface area contributed by atoms with Crippen LogP contribution in [0.3, 0.4) is 0 Å². The fourth-order valence-electron chi connectivity index (χ4n) is 1.17. The molecule has 0 bridgehead atoms. The van der Waals surface area contributed by atoms with Crippen LogP contribution in [0, 0.1) is 0 Å². The smallest absolute Gasteiger partial charge is 0.413 e. The van der Waals surface area contributed by atoms with Crippen LogP contribution in [-0.2, 0) is 11.4 Å². The summed E-state index contributed by atoms with van der Waals surface area (Å²) in [6.07, 6.45) is -3.43. The third-order valence-corrected chi connectivity index (χ3v) is 4.05. The van der Waals surface area contributed by atoms with Gasteiger partial charge < -0.3 is 4.55 Å². The van der Waals surface area contributed by atoms with Gasteiger partial charge >= 0.3 is 6.18 Å². The van der Waals surface area contributed by atoms with Crippen LogP contribution < -0.4 is 4.72 Å². The lowest BCUT2D eigenvalue weighted by Crippen LogP contribution is -2.46. The van der Waals surface area contributed by atoms with Crippen molar-refractivity contribution in [2.45, 2.75) is 37.7 Å². The third-order valence-electron chi connectivity index (χ3n) is 2.17. The third kappa shape index (κ3) is 4.52. The van der Waals surface area contributed by atoms with Crippen molar-refractivity contribution in [2.75, 3.05) is 0 Å². The minimum Gasteiger partial charge on any atom is -0.598 e. The van der Waals surface area contributed by atoms with E-state index in [0.29, 0.717) is 0 Å². The number of halogens is 4. The van der Waals surface area contributed by atoms with Gasteiger partial charge in [0.1, 0.15) is 4.75 Å². The van der Waals surface area contributed by atoms with Crippen LogP contribution in [0.1, 0.15) is 32.5 Å². The molecular formula is C11H14ClF3N2OS. The molecule has 0 fully saturated rings. The van der Waals surface area contributed by atoms with Crippen LogP contribution in [0.15, 0.2) is 18.3 Å². The Morgan fingerprint density at radius 1 is 1.37 bits per heavy atom. The molecule has 1 heterocycles. The summed E-state index contributed by atoms with van der Waals surface area (Å²) < 4.78 is 52.2. The molecule has 0 aliphatic carbocycles. The summed E-state index contributed by atoms with van der Waals surface area (Å²) in [4.78, 5) is 3.63. The molecule has 0 spiro atoms. The fraction of sp³-hybridized carbons (Fsp3) is 0.545. The topological polar surface area (TPSA) is 48.0 Å². The Balaban J connectivity index is 3.08. The molecular weight excluding hydrogens is 301 g/mol. The maximum atomic E-state index is 13.0. The standard InChI is InChI=1S/C11H14ClF3N2OS/c1-10(2,3)19(18)17-9(11(13,14)15)8-7(12)5-4-6-16-8/h4-6,9,17H,1-3H3/t9-,19+/m1/s1. The van der Waals surface area contributed by atoms with Gasteiger partial charge in [-0.1, -0.05) is 11.6 Å². The van der Waals surface area contributed by atoms with Gasteiger partial charge in [0.05, 0.1) is 10.7 Å². The molecule has 0 aromatic carbocycles. The molecule has 8 heteroatoms. The molecule has 0 aliphatic rings. The Hall–Kier alpha value is -0.500. The van der Waals surface area contributed by atoms with E-state index in [1.807, 2.05) is 0 Å². The highest BCUT2D eigenvalue weighted by atomic mass is 35.5.